The van der Waals surface area contributed by atoms with Crippen molar-refractivity contribution in [3.63, 3.8) is 0 Å². The summed E-state index contributed by atoms with van der Waals surface area (Å²) in [7, 11) is 0. The molecule has 1 atom stereocenters. The first-order valence-corrected chi connectivity index (χ1v) is 6.25. The number of nitrogens with two attached hydrogens (primary N) is 1. The molecular weight excluding hydrogens is 242 g/mol. The molecule has 1 heterocycles. The van der Waals surface area contributed by atoms with Crippen molar-refractivity contribution < 1.29 is 4.79 Å². The second-order valence-electron chi connectivity index (χ2n) is 4.12. The Balaban J connectivity index is 2.80. The fourth-order valence-electron chi connectivity index (χ4n) is 1.73. The van der Waals surface area contributed by atoms with Crippen LogP contribution >= 0.6 is 0 Å². The number of nitrogen functional groups attached to an aromatic ring is 1. The van der Waals surface area contributed by atoms with Gasteiger partial charge in [-0.05, 0) is 32.9 Å². The van der Waals surface area contributed by atoms with E-state index in [1.54, 1.807) is 24.0 Å². The first-order valence-electron chi connectivity index (χ1n) is 6.25. The van der Waals surface area contributed by atoms with Crippen LogP contribution in [0.3, 0.4) is 0 Å². The number of carbonyl (C=O) groups excluding carboxylic acids is 1. The van der Waals surface area contributed by atoms with Gasteiger partial charge in [-0.1, -0.05) is 0 Å². The highest BCUT2D eigenvalue weighted by Gasteiger charge is 2.18. The Bertz CT molecular complexity index is 490. The SMILES string of the molecule is CCN(CC)C(=O)C(C)Nc1ccc(N)c(C#N)n1. The summed E-state index contributed by atoms with van der Waals surface area (Å²) in [6, 6.07) is 4.77. The quantitative estimate of drug-likeness (QED) is 0.830. The molecule has 102 valence electrons. The van der Waals surface area contributed by atoms with Crippen molar-refractivity contribution in [3.8, 4) is 6.07 Å². The second kappa shape index (κ2) is 6.59. The summed E-state index contributed by atoms with van der Waals surface area (Å²) in [4.78, 5) is 17.9. The number of pyridine rings is 1. The maximum Gasteiger partial charge on any atom is 0.244 e. The van der Waals surface area contributed by atoms with Crippen LogP contribution in [0.1, 0.15) is 26.5 Å². The number of amides is 1. The van der Waals surface area contributed by atoms with Crippen LogP contribution in [-0.2, 0) is 4.79 Å². The molecule has 1 unspecified atom stereocenters. The third kappa shape index (κ3) is 3.58. The van der Waals surface area contributed by atoms with Crippen LogP contribution in [0, 0.1) is 11.3 Å². The van der Waals surface area contributed by atoms with Gasteiger partial charge in [0.25, 0.3) is 0 Å². The average Bonchev–Trinajstić information content (AvgIpc) is 2.42. The van der Waals surface area contributed by atoms with E-state index in [1.165, 1.54) is 0 Å². The largest absolute Gasteiger partial charge is 0.396 e. The van der Waals surface area contributed by atoms with Gasteiger partial charge in [-0.15, -0.1) is 0 Å². The van der Waals surface area contributed by atoms with Gasteiger partial charge in [0.15, 0.2) is 5.69 Å². The number of likely N-dealkylation sites (N-methyl/N-ethyl adjacent to an activating group) is 1. The topological polar surface area (TPSA) is 95.0 Å². The van der Waals surface area contributed by atoms with Gasteiger partial charge >= 0.3 is 0 Å². The van der Waals surface area contributed by atoms with E-state index in [0.29, 0.717) is 24.6 Å². The van der Waals surface area contributed by atoms with E-state index < -0.39 is 6.04 Å². The van der Waals surface area contributed by atoms with E-state index in [0.717, 1.165) is 0 Å². The predicted octanol–water partition coefficient (Wildman–Crippen LogP) is 1.20. The van der Waals surface area contributed by atoms with Crippen LogP contribution in [0.4, 0.5) is 11.5 Å². The summed E-state index contributed by atoms with van der Waals surface area (Å²) in [6.07, 6.45) is 0. The Labute approximate surface area is 113 Å². The third-order valence-corrected chi connectivity index (χ3v) is 2.84. The number of anilines is 2. The van der Waals surface area contributed by atoms with Crippen LogP contribution < -0.4 is 11.1 Å². The molecule has 0 radical (unpaired) electrons. The van der Waals surface area contributed by atoms with Crippen molar-refractivity contribution >= 4 is 17.4 Å². The van der Waals surface area contributed by atoms with E-state index in [9.17, 15) is 4.79 Å². The van der Waals surface area contributed by atoms with Crippen molar-refractivity contribution in [2.75, 3.05) is 24.1 Å². The number of rotatable bonds is 5. The molecule has 0 bridgehead atoms. The van der Waals surface area contributed by atoms with Crippen LogP contribution in [0.2, 0.25) is 0 Å². The standard InChI is InChI=1S/C13H19N5O/c1-4-18(5-2)13(19)9(3)16-12-7-6-10(15)11(8-14)17-12/h6-7,9H,4-5,15H2,1-3H3,(H,16,17). The van der Waals surface area contributed by atoms with E-state index in [1.807, 2.05) is 19.9 Å². The van der Waals surface area contributed by atoms with E-state index in [4.69, 9.17) is 11.0 Å². The molecule has 1 aromatic rings. The van der Waals surface area contributed by atoms with Gasteiger partial charge in [-0.25, -0.2) is 4.98 Å². The molecule has 1 rings (SSSR count). The molecule has 0 aromatic carbocycles. The number of nitrogens with one attached hydrogen (secondary N) is 1. The lowest BCUT2D eigenvalue weighted by Crippen LogP contribution is -2.41. The Morgan fingerprint density at radius 3 is 2.68 bits per heavy atom. The molecule has 0 aliphatic rings. The minimum atomic E-state index is -0.400. The zero-order chi connectivity index (χ0) is 14.4. The molecule has 0 saturated heterocycles. The number of aromatic nitrogens is 1. The average molecular weight is 261 g/mol. The summed E-state index contributed by atoms with van der Waals surface area (Å²) >= 11 is 0. The van der Waals surface area contributed by atoms with Gasteiger partial charge in [0.1, 0.15) is 17.9 Å². The lowest BCUT2D eigenvalue weighted by molar-refractivity contribution is -0.131. The molecule has 6 nitrogen and oxygen atoms in total. The molecule has 0 aliphatic heterocycles. The summed E-state index contributed by atoms with van der Waals surface area (Å²) in [6.45, 7) is 6.97. The molecule has 3 N–H and O–H groups in total. The zero-order valence-corrected chi connectivity index (χ0v) is 11.5. The smallest absolute Gasteiger partial charge is 0.244 e. The van der Waals surface area contributed by atoms with Gasteiger partial charge in [-0.3, -0.25) is 4.79 Å². The van der Waals surface area contributed by atoms with E-state index in [-0.39, 0.29) is 11.6 Å². The monoisotopic (exact) mass is 261 g/mol. The third-order valence-electron chi connectivity index (χ3n) is 2.84. The van der Waals surface area contributed by atoms with Gasteiger partial charge in [0, 0.05) is 13.1 Å². The van der Waals surface area contributed by atoms with Crippen LogP contribution in [0.5, 0.6) is 0 Å². The molecule has 0 aliphatic carbocycles. The highest BCUT2D eigenvalue weighted by Crippen LogP contribution is 2.13. The molecule has 1 amide bonds. The Morgan fingerprint density at radius 1 is 1.53 bits per heavy atom. The maximum absolute atomic E-state index is 12.1. The number of hydrogen-bond donors (Lipinski definition) is 2. The van der Waals surface area contributed by atoms with Crippen molar-refractivity contribution in [1.29, 1.82) is 5.26 Å². The highest BCUT2D eigenvalue weighted by atomic mass is 16.2. The number of hydrogen-bond acceptors (Lipinski definition) is 5. The molecule has 0 fully saturated rings. The van der Waals surface area contributed by atoms with Crippen molar-refractivity contribution in [2.45, 2.75) is 26.8 Å². The fraction of sp³-hybridized carbons (Fsp3) is 0.462. The fourth-order valence-corrected chi connectivity index (χ4v) is 1.73. The molecular formula is C13H19N5O. The van der Waals surface area contributed by atoms with E-state index in [2.05, 4.69) is 10.3 Å². The van der Waals surface area contributed by atoms with Crippen LogP contribution in [-0.4, -0.2) is 34.9 Å². The van der Waals surface area contributed by atoms with Gasteiger partial charge in [-0.2, -0.15) is 5.26 Å². The summed E-state index contributed by atoms with van der Waals surface area (Å²) in [5.74, 6) is 0.473. The van der Waals surface area contributed by atoms with Gasteiger partial charge in [0.2, 0.25) is 5.91 Å². The minimum Gasteiger partial charge on any atom is -0.396 e. The summed E-state index contributed by atoms with van der Waals surface area (Å²) in [5, 5.41) is 11.8. The maximum atomic E-state index is 12.1. The number of nitriles is 1. The molecule has 19 heavy (non-hydrogen) atoms. The summed E-state index contributed by atoms with van der Waals surface area (Å²) in [5.41, 5.74) is 6.08. The second-order valence-corrected chi connectivity index (χ2v) is 4.12. The zero-order valence-electron chi connectivity index (χ0n) is 11.5. The molecule has 0 saturated carbocycles. The summed E-state index contributed by atoms with van der Waals surface area (Å²) < 4.78 is 0. The lowest BCUT2D eigenvalue weighted by atomic mass is 10.2. The molecule has 1 aromatic heterocycles. The Kier molecular flexibility index (Phi) is 5.12. The molecule has 6 heteroatoms. The number of carbonyl (C=O) groups is 1. The first kappa shape index (κ1) is 14.8. The highest BCUT2D eigenvalue weighted by molar-refractivity contribution is 5.84. The van der Waals surface area contributed by atoms with Crippen LogP contribution in [0.15, 0.2) is 12.1 Å². The normalized spacial score (nSPS) is 11.5. The predicted molar refractivity (Wildman–Crippen MR) is 74.4 cm³/mol. The van der Waals surface area contributed by atoms with Crippen molar-refractivity contribution in [1.82, 2.24) is 9.88 Å². The van der Waals surface area contributed by atoms with Gasteiger partial charge in [0.05, 0.1) is 5.69 Å². The van der Waals surface area contributed by atoms with Gasteiger partial charge < -0.3 is 16.0 Å². The van der Waals surface area contributed by atoms with Crippen LogP contribution in [0.25, 0.3) is 0 Å². The Hall–Kier alpha value is -2.29. The van der Waals surface area contributed by atoms with Crippen molar-refractivity contribution in [3.05, 3.63) is 17.8 Å². The lowest BCUT2D eigenvalue weighted by Gasteiger charge is -2.23. The first-order chi connectivity index (χ1) is 9.03. The van der Waals surface area contributed by atoms with E-state index >= 15 is 0 Å². The number of nitrogens with zero attached hydrogens (tertiary/aromatic N) is 3. The minimum absolute atomic E-state index is 0.00197. The molecule has 0 spiro atoms. The Morgan fingerprint density at radius 2 is 2.16 bits per heavy atom. The van der Waals surface area contributed by atoms with Crippen molar-refractivity contribution in [2.24, 2.45) is 0 Å².